The van der Waals surface area contributed by atoms with Gasteiger partial charge in [-0.05, 0) is 49.3 Å². The van der Waals surface area contributed by atoms with Crippen molar-refractivity contribution in [3.05, 3.63) is 46.6 Å². The van der Waals surface area contributed by atoms with Gasteiger partial charge >= 0.3 is 0 Å². The first-order chi connectivity index (χ1) is 13.1. The summed E-state index contributed by atoms with van der Waals surface area (Å²) in [5, 5.41) is 13.4. The first-order valence-corrected chi connectivity index (χ1v) is 10.3. The summed E-state index contributed by atoms with van der Waals surface area (Å²) in [6.45, 7) is 5.77. The third kappa shape index (κ3) is 4.08. The number of fused-ring (bicyclic) bond motifs is 1. The van der Waals surface area contributed by atoms with Crippen molar-refractivity contribution < 1.29 is 5.11 Å². The fourth-order valence-corrected chi connectivity index (χ4v) is 4.17. The number of aliphatic hydroxyl groups excluding tert-OH is 1. The molecule has 1 aliphatic heterocycles. The number of rotatable bonds is 5. The lowest BCUT2D eigenvalue weighted by Crippen LogP contribution is -2.31. The van der Waals surface area contributed by atoms with Crippen LogP contribution in [0.1, 0.15) is 68.0 Å². The van der Waals surface area contributed by atoms with E-state index in [-0.39, 0.29) is 0 Å². The summed E-state index contributed by atoms with van der Waals surface area (Å²) in [6.07, 6.45) is 6.52. The molecule has 5 heteroatoms. The Morgan fingerprint density at radius 1 is 1.19 bits per heavy atom. The van der Waals surface area contributed by atoms with Gasteiger partial charge in [-0.15, -0.1) is 0 Å². The van der Waals surface area contributed by atoms with Gasteiger partial charge in [0.15, 0.2) is 0 Å². The molecule has 2 N–H and O–H groups in total. The average Bonchev–Trinajstić information content (AvgIpc) is 3.19. The smallest absolute Gasteiger partial charge is 0.225 e. The largest absolute Gasteiger partial charge is 0.389 e. The number of benzene rings is 1. The maximum atomic E-state index is 9.83. The van der Waals surface area contributed by atoms with Crippen molar-refractivity contribution in [3.63, 3.8) is 0 Å². The van der Waals surface area contributed by atoms with Gasteiger partial charge in [-0.1, -0.05) is 38.0 Å². The number of hydrogen-bond acceptors (Lipinski definition) is 5. The number of aliphatic hydroxyl groups is 1. The van der Waals surface area contributed by atoms with Crippen LogP contribution in [0.15, 0.2) is 24.3 Å². The Bertz CT molecular complexity index is 799. The maximum absolute atomic E-state index is 9.83. The van der Waals surface area contributed by atoms with E-state index in [1.807, 2.05) is 13.0 Å². The molecule has 1 aromatic heterocycles. The van der Waals surface area contributed by atoms with Crippen LogP contribution in [0.5, 0.6) is 0 Å². The Balaban J connectivity index is 1.55. The molecular formula is C22H30N4O. The molecule has 0 saturated heterocycles. The summed E-state index contributed by atoms with van der Waals surface area (Å²) in [5.74, 6) is 1.80. The second-order valence-electron chi connectivity index (χ2n) is 7.90. The van der Waals surface area contributed by atoms with E-state index in [1.165, 1.54) is 36.8 Å². The van der Waals surface area contributed by atoms with Gasteiger partial charge in [0.1, 0.15) is 5.82 Å². The Morgan fingerprint density at radius 2 is 2.00 bits per heavy atom. The minimum absolute atomic E-state index is 0.411. The zero-order valence-corrected chi connectivity index (χ0v) is 16.4. The summed E-state index contributed by atoms with van der Waals surface area (Å²) < 4.78 is 0. The molecule has 27 heavy (non-hydrogen) atoms. The molecular weight excluding hydrogens is 336 g/mol. The zero-order valence-electron chi connectivity index (χ0n) is 16.4. The normalized spacial score (nSPS) is 18.4. The molecule has 1 aromatic carbocycles. The standard InChI is InChI=1S/C22H30N4O/c1-3-19-13-21(25-22(23-19)24-20-6-4-5-7-20)26-11-10-17-12-16(15(2)27)8-9-18(17)14-26/h8-9,12-13,15,20,27H,3-7,10-11,14H2,1-2H3,(H,23,24,25)/t15-/m0/s1. The molecule has 2 aromatic rings. The van der Waals surface area contributed by atoms with Crippen LogP contribution in [-0.4, -0.2) is 27.7 Å². The number of aromatic nitrogens is 2. The van der Waals surface area contributed by atoms with Crippen molar-refractivity contribution in [1.82, 2.24) is 9.97 Å². The van der Waals surface area contributed by atoms with E-state index >= 15 is 0 Å². The highest BCUT2D eigenvalue weighted by Crippen LogP contribution is 2.28. The Morgan fingerprint density at radius 3 is 2.74 bits per heavy atom. The van der Waals surface area contributed by atoms with E-state index in [1.54, 1.807) is 0 Å². The van der Waals surface area contributed by atoms with Gasteiger partial charge < -0.3 is 15.3 Å². The molecule has 1 fully saturated rings. The number of nitrogens with zero attached hydrogens (tertiary/aromatic N) is 3. The van der Waals surface area contributed by atoms with Crippen molar-refractivity contribution in [3.8, 4) is 0 Å². The van der Waals surface area contributed by atoms with Gasteiger partial charge in [-0.25, -0.2) is 4.98 Å². The SMILES string of the molecule is CCc1cc(N2CCc3cc([C@H](C)O)ccc3C2)nc(NC2CCCC2)n1. The summed E-state index contributed by atoms with van der Waals surface area (Å²) in [5.41, 5.74) is 4.77. The third-order valence-electron chi connectivity index (χ3n) is 5.87. The zero-order chi connectivity index (χ0) is 18.8. The lowest BCUT2D eigenvalue weighted by Gasteiger charge is -2.31. The highest BCUT2D eigenvalue weighted by molar-refractivity contribution is 5.49. The number of nitrogens with one attached hydrogen (secondary N) is 1. The van der Waals surface area contributed by atoms with Crippen LogP contribution in [0.25, 0.3) is 0 Å². The van der Waals surface area contributed by atoms with Crippen LogP contribution in [0.2, 0.25) is 0 Å². The van der Waals surface area contributed by atoms with E-state index in [9.17, 15) is 5.11 Å². The highest BCUT2D eigenvalue weighted by Gasteiger charge is 2.21. The van der Waals surface area contributed by atoms with Gasteiger partial charge in [0, 0.05) is 30.9 Å². The number of hydrogen-bond donors (Lipinski definition) is 2. The molecule has 0 bridgehead atoms. The quantitative estimate of drug-likeness (QED) is 0.837. The molecule has 4 rings (SSSR count). The highest BCUT2D eigenvalue weighted by atomic mass is 16.3. The van der Waals surface area contributed by atoms with Gasteiger partial charge in [-0.3, -0.25) is 0 Å². The molecule has 0 amide bonds. The second kappa shape index (κ2) is 7.85. The Hall–Kier alpha value is -2.14. The second-order valence-corrected chi connectivity index (χ2v) is 7.90. The lowest BCUT2D eigenvalue weighted by molar-refractivity contribution is 0.199. The van der Waals surface area contributed by atoms with Gasteiger partial charge in [-0.2, -0.15) is 4.98 Å². The van der Waals surface area contributed by atoms with Crippen LogP contribution in [-0.2, 0) is 19.4 Å². The molecule has 0 unspecified atom stereocenters. The molecule has 1 atom stereocenters. The van der Waals surface area contributed by atoms with Crippen LogP contribution in [0, 0.1) is 0 Å². The Kier molecular flexibility index (Phi) is 5.30. The molecule has 1 saturated carbocycles. The first-order valence-electron chi connectivity index (χ1n) is 10.3. The van der Waals surface area contributed by atoms with Crippen LogP contribution < -0.4 is 10.2 Å². The lowest BCUT2D eigenvalue weighted by atomic mass is 9.96. The fraction of sp³-hybridized carbons (Fsp3) is 0.545. The third-order valence-corrected chi connectivity index (χ3v) is 5.87. The molecule has 144 valence electrons. The number of anilines is 2. The minimum Gasteiger partial charge on any atom is -0.389 e. The summed E-state index contributed by atoms with van der Waals surface area (Å²) >= 11 is 0. The summed E-state index contributed by atoms with van der Waals surface area (Å²) in [6, 6.07) is 9.00. The van der Waals surface area contributed by atoms with Gasteiger partial charge in [0.25, 0.3) is 0 Å². The molecule has 0 radical (unpaired) electrons. The van der Waals surface area contributed by atoms with E-state index in [0.29, 0.717) is 6.04 Å². The summed E-state index contributed by atoms with van der Waals surface area (Å²) in [4.78, 5) is 11.9. The monoisotopic (exact) mass is 366 g/mol. The first kappa shape index (κ1) is 18.2. The molecule has 2 aliphatic rings. The van der Waals surface area contributed by atoms with E-state index in [4.69, 9.17) is 9.97 Å². The molecule has 1 aliphatic carbocycles. The number of aryl methyl sites for hydroxylation is 1. The van der Waals surface area contributed by atoms with Crippen molar-refractivity contribution in [2.45, 2.75) is 71.1 Å². The van der Waals surface area contributed by atoms with E-state index in [2.05, 4.69) is 35.3 Å². The minimum atomic E-state index is -0.411. The van der Waals surface area contributed by atoms with Gasteiger partial charge in [0.2, 0.25) is 5.95 Å². The van der Waals surface area contributed by atoms with Crippen molar-refractivity contribution in [2.75, 3.05) is 16.8 Å². The maximum Gasteiger partial charge on any atom is 0.225 e. The molecule has 5 nitrogen and oxygen atoms in total. The van der Waals surface area contributed by atoms with E-state index < -0.39 is 6.10 Å². The van der Waals surface area contributed by atoms with E-state index in [0.717, 1.165) is 49.0 Å². The van der Waals surface area contributed by atoms with Crippen molar-refractivity contribution >= 4 is 11.8 Å². The molecule has 0 spiro atoms. The van der Waals surface area contributed by atoms with Crippen LogP contribution >= 0.6 is 0 Å². The van der Waals surface area contributed by atoms with Crippen LogP contribution in [0.3, 0.4) is 0 Å². The van der Waals surface area contributed by atoms with Crippen molar-refractivity contribution in [2.24, 2.45) is 0 Å². The average molecular weight is 367 g/mol. The van der Waals surface area contributed by atoms with Crippen molar-refractivity contribution in [1.29, 1.82) is 0 Å². The predicted molar refractivity (Wildman–Crippen MR) is 109 cm³/mol. The predicted octanol–water partition coefficient (Wildman–Crippen LogP) is 4.01. The Labute approximate surface area is 161 Å². The summed E-state index contributed by atoms with van der Waals surface area (Å²) in [7, 11) is 0. The van der Waals surface area contributed by atoms with Gasteiger partial charge in [0.05, 0.1) is 6.10 Å². The topological polar surface area (TPSA) is 61.3 Å². The molecule has 2 heterocycles. The van der Waals surface area contributed by atoms with Crippen LogP contribution in [0.4, 0.5) is 11.8 Å². The fourth-order valence-electron chi connectivity index (χ4n) is 4.17.